The first-order valence-corrected chi connectivity index (χ1v) is 11.7. The first kappa shape index (κ1) is 25.9. The second-order valence-corrected chi connectivity index (χ2v) is 8.59. The fourth-order valence-electron chi connectivity index (χ4n) is 3.47. The zero-order valence-electron chi connectivity index (χ0n) is 19.7. The number of piperazine rings is 1. The number of amides is 3. The molecule has 3 rings (SSSR count). The van der Waals surface area contributed by atoms with Gasteiger partial charge in [-0.3, -0.25) is 9.59 Å². The van der Waals surface area contributed by atoms with E-state index in [-0.39, 0.29) is 42.9 Å². The van der Waals surface area contributed by atoms with Crippen molar-refractivity contribution in [3.05, 3.63) is 47.2 Å². The Morgan fingerprint density at radius 2 is 1.80 bits per heavy atom. The normalized spacial score (nSPS) is 15.0. The van der Waals surface area contributed by atoms with Gasteiger partial charge in [0, 0.05) is 37.8 Å². The van der Waals surface area contributed by atoms with Gasteiger partial charge in [-0.25, -0.2) is 14.8 Å². The predicted octanol–water partition coefficient (Wildman–Crippen LogP) is 2.89. The van der Waals surface area contributed by atoms with E-state index in [1.54, 1.807) is 24.3 Å². The molecule has 184 valence electrons. The second kappa shape index (κ2) is 11.6. The number of nitrogens with zero attached hydrogens (tertiary/aromatic N) is 5. The average Bonchev–Trinajstić information content (AvgIpc) is 2.88. The summed E-state index contributed by atoms with van der Waals surface area (Å²) in [5.74, 6) is -1.06. The number of carbonyl (C=O) groups excluding carboxylic acids is 3. The fourth-order valence-corrected chi connectivity index (χ4v) is 3.66. The molecule has 0 aliphatic carbocycles. The lowest BCUT2D eigenvalue weighted by molar-refractivity contribution is -0.136. The summed E-state index contributed by atoms with van der Waals surface area (Å²) < 4.78 is 5.21. The summed E-state index contributed by atoms with van der Waals surface area (Å²) in [6.07, 6.45) is 1.29. The molecule has 0 radical (unpaired) electrons. The van der Waals surface area contributed by atoms with Crippen LogP contribution in [0.3, 0.4) is 0 Å². The Morgan fingerprint density at radius 3 is 2.43 bits per heavy atom. The van der Waals surface area contributed by atoms with E-state index in [0.717, 1.165) is 12.8 Å². The lowest BCUT2D eigenvalue weighted by Gasteiger charge is -2.37. The van der Waals surface area contributed by atoms with Gasteiger partial charge in [0.2, 0.25) is 5.54 Å². The SMILES string of the molecule is CCCCOC(=O)N1CCN(C(=O)[C@](C)(C#N)NC(=O)c2cc(Cl)nc(-c3ccccc3)n2)CC1. The molecule has 0 unspecified atom stereocenters. The van der Waals surface area contributed by atoms with Gasteiger partial charge in [-0.15, -0.1) is 0 Å². The summed E-state index contributed by atoms with van der Waals surface area (Å²) >= 11 is 6.10. The number of unbranched alkanes of at least 4 members (excludes halogenated alkanes) is 1. The minimum atomic E-state index is -1.84. The monoisotopic (exact) mass is 498 g/mol. The van der Waals surface area contributed by atoms with Crippen LogP contribution in [0.1, 0.15) is 37.2 Å². The van der Waals surface area contributed by atoms with Gasteiger partial charge >= 0.3 is 6.09 Å². The van der Waals surface area contributed by atoms with Crippen molar-refractivity contribution in [3.63, 3.8) is 0 Å². The number of halogens is 1. The lowest BCUT2D eigenvalue weighted by atomic mass is 10.0. The van der Waals surface area contributed by atoms with Gasteiger partial charge in [0.05, 0.1) is 6.61 Å². The molecule has 10 nitrogen and oxygen atoms in total. The molecule has 2 heterocycles. The number of benzene rings is 1. The molecule has 1 atom stereocenters. The molecule has 1 aliphatic heterocycles. The summed E-state index contributed by atoms with van der Waals surface area (Å²) in [7, 11) is 0. The van der Waals surface area contributed by atoms with Crippen molar-refractivity contribution in [2.75, 3.05) is 32.8 Å². The summed E-state index contributed by atoms with van der Waals surface area (Å²) in [6.45, 7) is 4.66. The number of nitriles is 1. The van der Waals surface area contributed by atoms with E-state index in [2.05, 4.69) is 15.3 Å². The molecule has 0 spiro atoms. The van der Waals surface area contributed by atoms with Gasteiger partial charge in [0.1, 0.15) is 16.9 Å². The van der Waals surface area contributed by atoms with Crippen LogP contribution in [0, 0.1) is 11.3 Å². The Morgan fingerprint density at radius 1 is 1.14 bits per heavy atom. The van der Waals surface area contributed by atoms with Gasteiger partial charge in [-0.2, -0.15) is 5.26 Å². The van der Waals surface area contributed by atoms with Crippen molar-refractivity contribution in [1.29, 1.82) is 5.26 Å². The molecule has 2 aromatic rings. The van der Waals surface area contributed by atoms with Crippen LogP contribution < -0.4 is 5.32 Å². The molecule has 11 heteroatoms. The van der Waals surface area contributed by atoms with Gasteiger partial charge in [0.15, 0.2) is 5.82 Å². The molecular formula is C24H27ClN6O4. The van der Waals surface area contributed by atoms with Crippen molar-refractivity contribution in [3.8, 4) is 17.5 Å². The topological polar surface area (TPSA) is 129 Å². The van der Waals surface area contributed by atoms with Crippen molar-refractivity contribution >= 4 is 29.5 Å². The number of ether oxygens (including phenoxy) is 1. The number of carbonyl (C=O) groups is 3. The van der Waals surface area contributed by atoms with Gasteiger partial charge < -0.3 is 19.9 Å². The van der Waals surface area contributed by atoms with Crippen molar-refractivity contribution in [2.24, 2.45) is 0 Å². The zero-order chi connectivity index (χ0) is 25.4. The third kappa shape index (κ3) is 6.45. The maximum atomic E-state index is 13.2. The molecule has 1 aromatic heterocycles. The summed E-state index contributed by atoms with van der Waals surface area (Å²) in [5.41, 5.74) is -1.25. The van der Waals surface area contributed by atoms with Crippen molar-refractivity contribution in [1.82, 2.24) is 25.1 Å². The molecule has 0 bridgehead atoms. The molecule has 3 amide bonds. The minimum absolute atomic E-state index is 0.0518. The summed E-state index contributed by atoms with van der Waals surface area (Å²) in [4.78, 5) is 49.6. The van der Waals surface area contributed by atoms with Crippen LogP contribution in [-0.2, 0) is 9.53 Å². The minimum Gasteiger partial charge on any atom is -0.449 e. The van der Waals surface area contributed by atoms with E-state index in [1.165, 1.54) is 22.8 Å². The predicted molar refractivity (Wildman–Crippen MR) is 128 cm³/mol. The second-order valence-electron chi connectivity index (χ2n) is 8.20. The molecule has 0 saturated carbocycles. The molecular weight excluding hydrogens is 472 g/mol. The number of aromatic nitrogens is 2. The van der Waals surface area contributed by atoms with Crippen molar-refractivity contribution < 1.29 is 19.1 Å². The quantitative estimate of drug-likeness (QED) is 0.459. The van der Waals surface area contributed by atoms with Gasteiger partial charge in [-0.1, -0.05) is 55.3 Å². The van der Waals surface area contributed by atoms with Crippen LogP contribution in [0.4, 0.5) is 4.79 Å². The maximum absolute atomic E-state index is 13.2. The molecule has 1 saturated heterocycles. The standard InChI is InChI=1S/C24H27ClN6O4/c1-3-4-14-35-23(34)31-12-10-30(11-13-31)22(33)24(2,16-26)29-21(32)18-15-19(25)28-20(27-18)17-8-6-5-7-9-17/h5-9,15H,3-4,10-14H2,1-2H3,(H,29,32)/t24-/m0/s1. The highest BCUT2D eigenvalue weighted by atomic mass is 35.5. The third-order valence-corrected chi connectivity index (χ3v) is 5.72. The van der Waals surface area contributed by atoms with Gasteiger partial charge in [0.25, 0.3) is 11.8 Å². The Labute approximate surface area is 208 Å². The number of hydrogen-bond acceptors (Lipinski definition) is 7. The Balaban J connectivity index is 1.67. The van der Waals surface area contributed by atoms with Crippen molar-refractivity contribution in [2.45, 2.75) is 32.2 Å². The first-order valence-electron chi connectivity index (χ1n) is 11.3. The Bertz CT molecular complexity index is 1110. The molecule has 1 aromatic carbocycles. The highest BCUT2D eigenvalue weighted by Crippen LogP contribution is 2.19. The molecule has 1 fully saturated rings. The van der Waals surface area contributed by atoms with E-state index in [9.17, 15) is 19.6 Å². The molecule has 1 aliphatic rings. The van der Waals surface area contributed by atoms with Crippen LogP contribution in [0.5, 0.6) is 0 Å². The van der Waals surface area contributed by atoms with Crippen LogP contribution in [0.25, 0.3) is 11.4 Å². The first-order chi connectivity index (χ1) is 16.8. The van der Waals surface area contributed by atoms with Crippen LogP contribution in [0.15, 0.2) is 36.4 Å². The maximum Gasteiger partial charge on any atom is 0.409 e. The molecule has 1 N–H and O–H groups in total. The van der Waals surface area contributed by atoms with Crippen LogP contribution in [0.2, 0.25) is 5.15 Å². The number of rotatable bonds is 7. The zero-order valence-corrected chi connectivity index (χ0v) is 20.4. The Kier molecular flexibility index (Phi) is 8.60. The summed E-state index contributed by atoms with van der Waals surface area (Å²) in [6, 6.07) is 12.2. The molecule has 35 heavy (non-hydrogen) atoms. The largest absolute Gasteiger partial charge is 0.449 e. The van der Waals surface area contributed by atoms with E-state index >= 15 is 0 Å². The average molecular weight is 499 g/mol. The van der Waals surface area contributed by atoms with Crippen LogP contribution >= 0.6 is 11.6 Å². The smallest absolute Gasteiger partial charge is 0.409 e. The van der Waals surface area contributed by atoms with E-state index < -0.39 is 23.4 Å². The van der Waals surface area contributed by atoms with E-state index in [4.69, 9.17) is 16.3 Å². The highest BCUT2D eigenvalue weighted by Gasteiger charge is 2.40. The summed E-state index contributed by atoms with van der Waals surface area (Å²) in [5, 5.41) is 12.3. The highest BCUT2D eigenvalue weighted by molar-refractivity contribution is 6.29. The number of hydrogen-bond donors (Lipinski definition) is 1. The van der Waals surface area contributed by atoms with Crippen LogP contribution in [-0.4, -0.2) is 76.0 Å². The lowest BCUT2D eigenvalue weighted by Crippen LogP contribution is -2.61. The Hall–Kier alpha value is -3.71. The number of nitrogens with one attached hydrogen (secondary N) is 1. The van der Waals surface area contributed by atoms with E-state index in [0.29, 0.717) is 12.2 Å². The van der Waals surface area contributed by atoms with E-state index in [1.807, 2.05) is 19.1 Å². The van der Waals surface area contributed by atoms with Gasteiger partial charge in [-0.05, 0) is 13.3 Å². The fraction of sp³-hybridized carbons (Fsp3) is 0.417. The third-order valence-electron chi connectivity index (χ3n) is 5.52.